The summed E-state index contributed by atoms with van der Waals surface area (Å²) in [5, 5.41) is 3.64. The molecular formula is C17H13F6N5O2. The summed E-state index contributed by atoms with van der Waals surface area (Å²) in [6.07, 6.45) is -10.9. The lowest BCUT2D eigenvalue weighted by Gasteiger charge is -2.20. The van der Waals surface area contributed by atoms with E-state index in [4.69, 9.17) is 10.3 Å². The molecule has 3 aromatic rings. The molecule has 0 radical (unpaired) electrons. The minimum atomic E-state index is -4.99. The van der Waals surface area contributed by atoms with E-state index in [1.807, 2.05) is 0 Å². The molecule has 0 bridgehead atoms. The van der Waals surface area contributed by atoms with Gasteiger partial charge in [-0.25, -0.2) is 9.97 Å². The third-order valence-electron chi connectivity index (χ3n) is 3.90. The third kappa shape index (κ3) is 4.44. The smallest absolute Gasteiger partial charge is 0.425 e. The number of ether oxygens (including phenoxy) is 1. The molecular weight excluding hydrogens is 420 g/mol. The van der Waals surface area contributed by atoms with E-state index in [-0.39, 0.29) is 28.7 Å². The molecule has 0 unspecified atom stereocenters. The van der Waals surface area contributed by atoms with Gasteiger partial charge in [-0.3, -0.25) is 0 Å². The van der Waals surface area contributed by atoms with Gasteiger partial charge in [0, 0.05) is 11.8 Å². The van der Waals surface area contributed by atoms with Gasteiger partial charge in [0.2, 0.25) is 5.82 Å². The number of halogens is 6. The Kier molecular flexibility index (Phi) is 5.31. The molecule has 0 spiro atoms. The zero-order chi connectivity index (χ0) is 22.3. The summed E-state index contributed by atoms with van der Waals surface area (Å²) >= 11 is 0. The van der Waals surface area contributed by atoms with E-state index in [0.29, 0.717) is 18.8 Å². The van der Waals surface area contributed by atoms with Crippen molar-refractivity contribution in [1.29, 1.82) is 0 Å². The highest BCUT2D eigenvalue weighted by Crippen LogP contribution is 2.40. The molecule has 160 valence electrons. The standard InChI is InChI=1S/C17H13F6N5O2/c1-7(16(18,19)20)29-12-4-3-9(5-11(12)17(21,22)23)15-27-14(28-30-15)10-6-25-8(2)26-13(10)24/h3-7H,1-2H3,(H2,24,25,26)/t7-/m0/s1. The average Bonchev–Trinajstić information content (AvgIpc) is 3.10. The van der Waals surface area contributed by atoms with Crippen LogP contribution < -0.4 is 10.5 Å². The van der Waals surface area contributed by atoms with E-state index in [1.165, 1.54) is 6.20 Å². The molecule has 30 heavy (non-hydrogen) atoms. The maximum Gasteiger partial charge on any atom is 0.425 e. The summed E-state index contributed by atoms with van der Waals surface area (Å²) in [6, 6.07) is 2.39. The van der Waals surface area contributed by atoms with E-state index in [1.54, 1.807) is 6.92 Å². The van der Waals surface area contributed by atoms with E-state index in [2.05, 4.69) is 24.8 Å². The van der Waals surface area contributed by atoms with Crippen LogP contribution >= 0.6 is 0 Å². The van der Waals surface area contributed by atoms with Crippen LogP contribution in [0.25, 0.3) is 22.8 Å². The molecule has 13 heteroatoms. The van der Waals surface area contributed by atoms with Crippen molar-refractivity contribution in [1.82, 2.24) is 20.1 Å². The van der Waals surface area contributed by atoms with E-state index in [9.17, 15) is 26.3 Å². The molecule has 7 nitrogen and oxygen atoms in total. The van der Waals surface area contributed by atoms with Gasteiger partial charge >= 0.3 is 12.4 Å². The second-order valence-corrected chi connectivity index (χ2v) is 6.15. The number of nitrogen functional groups attached to an aromatic ring is 1. The minimum absolute atomic E-state index is 0.0377. The third-order valence-corrected chi connectivity index (χ3v) is 3.90. The van der Waals surface area contributed by atoms with Gasteiger partial charge in [0.05, 0.1) is 11.1 Å². The second-order valence-electron chi connectivity index (χ2n) is 6.15. The van der Waals surface area contributed by atoms with Crippen molar-refractivity contribution in [3.05, 3.63) is 35.8 Å². The molecule has 0 saturated heterocycles. The SMILES string of the molecule is Cc1ncc(-c2noc(-c3ccc(O[C@@H](C)C(F)(F)F)c(C(F)(F)F)c3)n2)c(N)n1. The fraction of sp³-hybridized carbons (Fsp3) is 0.294. The molecule has 0 fully saturated rings. The van der Waals surface area contributed by atoms with Gasteiger partial charge in [-0.2, -0.15) is 31.3 Å². The number of nitrogens with two attached hydrogens (primary N) is 1. The average molecular weight is 433 g/mol. The van der Waals surface area contributed by atoms with Crippen LogP contribution in [0.2, 0.25) is 0 Å². The predicted octanol–water partition coefficient (Wildman–Crippen LogP) is 4.43. The first-order valence-corrected chi connectivity index (χ1v) is 8.24. The van der Waals surface area contributed by atoms with Crippen LogP contribution in [0.4, 0.5) is 32.2 Å². The molecule has 0 amide bonds. The summed E-state index contributed by atoms with van der Waals surface area (Å²) in [4.78, 5) is 11.8. The molecule has 0 aliphatic carbocycles. The number of rotatable bonds is 4. The molecule has 2 N–H and O–H groups in total. The zero-order valence-corrected chi connectivity index (χ0v) is 15.3. The molecule has 0 aliphatic heterocycles. The van der Waals surface area contributed by atoms with Crippen molar-refractivity contribution < 1.29 is 35.6 Å². The van der Waals surface area contributed by atoms with Crippen molar-refractivity contribution in [2.45, 2.75) is 32.3 Å². The first-order chi connectivity index (χ1) is 13.9. The lowest BCUT2D eigenvalue weighted by Crippen LogP contribution is -2.31. The van der Waals surface area contributed by atoms with Gasteiger partial charge in [-0.15, -0.1) is 0 Å². The summed E-state index contributed by atoms with van der Waals surface area (Å²) in [7, 11) is 0. The molecule has 0 aliphatic rings. The number of aryl methyl sites for hydroxylation is 1. The molecule has 3 rings (SSSR count). The lowest BCUT2D eigenvalue weighted by atomic mass is 10.1. The topological polar surface area (TPSA) is 100.0 Å². The van der Waals surface area contributed by atoms with Crippen LogP contribution in [0.5, 0.6) is 5.75 Å². The van der Waals surface area contributed by atoms with Gasteiger partial charge in [0.15, 0.2) is 6.10 Å². The zero-order valence-electron chi connectivity index (χ0n) is 15.3. The number of aromatic nitrogens is 4. The molecule has 2 heterocycles. The second kappa shape index (κ2) is 7.46. The Labute approximate surface area is 164 Å². The monoisotopic (exact) mass is 433 g/mol. The minimum Gasteiger partial charge on any atom is -0.481 e. The van der Waals surface area contributed by atoms with Gasteiger partial charge in [-0.05, 0) is 32.0 Å². The normalized spacial score (nSPS) is 13.3. The summed E-state index contributed by atoms with van der Waals surface area (Å²) in [6.45, 7) is 2.20. The molecule has 2 aromatic heterocycles. The maximum atomic E-state index is 13.4. The van der Waals surface area contributed by atoms with Gasteiger partial charge in [0.1, 0.15) is 17.4 Å². The highest BCUT2D eigenvalue weighted by Gasteiger charge is 2.41. The number of hydrogen-bond acceptors (Lipinski definition) is 7. The fourth-order valence-corrected chi connectivity index (χ4v) is 2.35. The fourth-order valence-electron chi connectivity index (χ4n) is 2.35. The number of hydrogen-bond donors (Lipinski definition) is 1. The van der Waals surface area contributed by atoms with Crippen molar-refractivity contribution in [2.24, 2.45) is 0 Å². The summed E-state index contributed by atoms with van der Waals surface area (Å²) in [5.74, 6) is -0.936. The van der Waals surface area contributed by atoms with Gasteiger partial charge in [-0.1, -0.05) is 5.16 Å². The summed E-state index contributed by atoms with van der Waals surface area (Å²) < 4.78 is 87.6. The van der Waals surface area contributed by atoms with Crippen LogP contribution in [0.15, 0.2) is 28.9 Å². The predicted molar refractivity (Wildman–Crippen MR) is 91.1 cm³/mol. The van der Waals surface area contributed by atoms with Crippen molar-refractivity contribution in [3.8, 4) is 28.6 Å². The molecule has 0 saturated carbocycles. The first-order valence-electron chi connectivity index (χ1n) is 8.24. The Morgan fingerprint density at radius 3 is 2.40 bits per heavy atom. The summed E-state index contributed by atoms with van der Waals surface area (Å²) in [5.41, 5.74) is 4.35. The Balaban J connectivity index is 1.99. The lowest BCUT2D eigenvalue weighted by molar-refractivity contribution is -0.191. The Morgan fingerprint density at radius 2 is 1.80 bits per heavy atom. The quantitative estimate of drug-likeness (QED) is 0.608. The highest BCUT2D eigenvalue weighted by molar-refractivity contribution is 5.68. The van der Waals surface area contributed by atoms with Crippen LogP contribution in [0, 0.1) is 6.92 Å². The number of anilines is 1. The Morgan fingerprint density at radius 1 is 1.10 bits per heavy atom. The molecule has 1 aromatic carbocycles. The van der Waals surface area contributed by atoms with E-state index in [0.717, 1.165) is 12.1 Å². The number of alkyl halides is 6. The van der Waals surface area contributed by atoms with Gasteiger partial charge in [0.25, 0.3) is 5.89 Å². The largest absolute Gasteiger partial charge is 0.481 e. The number of benzene rings is 1. The van der Waals surface area contributed by atoms with Gasteiger partial charge < -0.3 is 15.0 Å². The van der Waals surface area contributed by atoms with Crippen LogP contribution in [0.3, 0.4) is 0 Å². The Bertz CT molecular complexity index is 1060. The molecule has 1 atom stereocenters. The van der Waals surface area contributed by atoms with Crippen molar-refractivity contribution >= 4 is 5.82 Å². The van der Waals surface area contributed by atoms with Crippen LogP contribution in [-0.4, -0.2) is 32.4 Å². The van der Waals surface area contributed by atoms with E-state index >= 15 is 0 Å². The Hall–Kier alpha value is -3.38. The van der Waals surface area contributed by atoms with Crippen molar-refractivity contribution in [3.63, 3.8) is 0 Å². The van der Waals surface area contributed by atoms with E-state index < -0.39 is 29.8 Å². The van der Waals surface area contributed by atoms with Crippen LogP contribution in [0.1, 0.15) is 18.3 Å². The number of nitrogens with zero attached hydrogens (tertiary/aromatic N) is 4. The first kappa shape index (κ1) is 21.3. The van der Waals surface area contributed by atoms with Crippen molar-refractivity contribution in [2.75, 3.05) is 5.73 Å². The van der Waals surface area contributed by atoms with Crippen LogP contribution in [-0.2, 0) is 6.18 Å². The highest BCUT2D eigenvalue weighted by atomic mass is 19.4. The maximum absolute atomic E-state index is 13.4.